The number of carbonyl (C=O) groups is 1. The largest absolute Gasteiger partial charge is 0.489 e. The molecule has 1 aliphatic carbocycles. The fraction of sp³-hybridized carbons (Fsp3) is 0.348. The molecule has 2 aliphatic rings. The Morgan fingerprint density at radius 3 is 2.93 bits per heavy atom. The van der Waals surface area contributed by atoms with Crippen molar-refractivity contribution < 1.29 is 9.53 Å². The predicted octanol–water partition coefficient (Wildman–Crippen LogP) is 4.24. The van der Waals surface area contributed by atoms with Gasteiger partial charge in [0.2, 0.25) is 0 Å². The topological polar surface area (TPSA) is 91.9 Å². The smallest absolute Gasteiger partial charge is 0.252 e. The number of ether oxygens (including phenoxy) is 1. The molecule has 5 rings (SSSR count). The normalized spacial score (nSPS) is 21.9. The molecule has 154 valence electrons. The Labute approximate surface area is 175 Å². The van der Waals surface area contributed by atoms with Gasteiger partial charge in [-0.1, -0.05) is 0 Å². The second-order valence-electron chi connectivity index (χ2n) is 8.61. The van der Waals surface area contributed by atoms with Crippen LogP contribution in [0.4, 0.5) is 11.5 Å². The second-order valence-corrected chi connectivity index (χ2v) is 8.61. The summed E-state index contributed by atoms with van der Waals surface area (Å²) >= 11 is 0. The maximum atomic E-state index is 12.1. The number of fused-ring (bicyclic) bond motifs is 1. The van der Waals surface area contributed by atoms with Crippen molar-refractivity contribution in [3.05, 3.63) is 65.6 Å². The van der Waals surface area contributed by atoms with Crippen molar-refractivity contribution in [2.75, 3.05) is 5.32 Å². The van der Waals surface area contributed by atoms with Gasteiger partial charge in [-0.2, -0.15) is 5.10 Å². The molecule has 7 nitrogen and oxygen atoms in total. The molecule has 0 spiro atoms. The van der Waals surface area contributed by atoms with Gasteiger partial charge in [0.1, 0.15) is 5.75 Å². The third-order valence-electron chi connectivity index (χ3n) is 6.00. The molecule has 0 radical (unpaired) electrons. The Balaban J connectivity index is 1.25. The van der Waals surface area contributed by atoms with Crippen LogP contribution in [0.1, 0.15) is 60.6 Å². The molecule has 2 atom stereocenters. The van der Waals surface area contributed by atoms with E-state index in [2.05, 4.69) is 31.9 Å². The number of nitrogens with zero attached hydrogens (tertiary/aromatic N) is 2. The van der Waals surface area contributed by atoms with E-state index in [0.29, 0.717) is 5.92 Å². The molecule has 1 aromatic carbocycles. The number of hydrogen-bond donors (Lipinski definition) is 3. The average molecular weight is 403 g/mol. The summed E-state index contributed by atoms with van der Waals surface area (Å²) in [6.45, 7) is 4.02. The average Bonchev–Trinajstić information content (AvgIpc) is 3.42. The lowest BCUT2D eigenvalue weighted by Crippen LogP contribution is -2.32. The van der Waals surface area contributed by atoms with Gasteiger partial charge in [0.25, 0.3) is 5.91 Å². The van der Waals surface area contributed by atoms with Crippen LogP contribution in [-0.4, -0.2) is 27.2 Å². The third kappa shape index (κ3) is 3.51. The lowest BCUT2D eigenvalue weighted by molar-refractivity contribution is 0.0940. The Hall–Kier alpha value is -3.35. The van der Waals surface area contributed by atoms with Crippen LogP contribution in [-0.2, 0) is 5.54 Å². The number of H-pyrrole nitrogens is 1. The summed E-state index contributed by atoms with van der Waals surface area (Å²) in [6, 6.07) is 11.7. The highest BCUT2D eigenvalue weighted by atomic mass is 16.5. The van der Waals surface area contributed by atoms with Gasteiger partial charge in [0.15, 0.2) is 5.82 Å². The molecule has 1 saturated carbocycles. The number of carbonyl (C=O) groups excluding carboxylic acids is 1. The first kappa shape index (κ1) is 18.7. The molecule has 3 heterocycles. The summed E-state index contributed by atoms with van der Waals surface area (Å²) in [5.41, 5.74) is 3.40. The molecule has 1 aliphatic heterocycles. The Morgan fingerprint density at radius 2 is 2.10 bits per heavy atom. The lowest BCUT2D eigenvalue weighted by Gasteiger charge is -2.19. The number of aromatic nitrogens is 3. The van der Waals surface area contributed by atoms with E-state index in [1.807, 2.05) is 44.2 Å². The zero-order valence-corrected chi connectivity index (χ0v) is 17.1. The number of aromatic amines is 1. The molecule has 3 N–H and O–H groups in total. The van der Waals surface area contributed by atoms with Gasteiger partial charge >= 0.3 is 0 Å². The standard InChI is InChI=1S/C23H25N5O2/c1-23(2)19-11-15(6-8-18(19)22(29)26-23)25-21-12-20(27-28-21)14-5-7-16(10-14)30-17-4-3-9-24-13-17/h3-4,6,8-9,11-14,16H,5,7,10H2,1-2H3,(H,26,29)(H2,25,27,28)/t14-,16+/m0/s1. The van der Waals surface area contributed by atoms with Gasteiger partial charge in [0.05, 0.1) is 17.8 Å². The second kappa shape index (κ2) is 7.16. The minimum absolute atomic E-state index is 0.0205. The van der Waals surface area contributed by atoms with Gasteiger partial charge in [-0.05, 0) is 69.0 Å². The van der Waals surface area contributed by atoms with E-state index in [1.165, 1.54) is 0 Å². The van der Waals surface area contributed by atoms with Crippen molar-refractivity contribution in [1.29, 1.82) is 0 Å². The Kier molecular flexibility index (Phi) is 4.46. The van der Waals surface area contributed by atoms with Crippen LogP contribution in [0.2, 0.25) is 0 Å². The first-order chi connectivity index (χ1) is 14.5. The van der Waals surface area contributed by atoms with Crippen LogP contribution in [0.25, 0.3) is 0 Å². The van der Waals surface area contributed by atoms with E-state index in [0.717, 1.165) is 53.3 Å². The van der Waals surface area contributed by atoms with Gasteiger partial charge < -0.3 is 15.4 Å². The maximum Gasteiger partial charge on any atom is 0.252 e. The van der Waals surface area contributed by atoms with Gasteiger partial charge in [0, 0.05) is 35.1 Å². The molecular formula is C23H25N5O2. The van der Waals surface area contributed by atoms with Crippen molar-refractivity contribution in [1.82, 2.24) is 20.5 Å². The van der Waals surface area contributed by atoms with E-state index < -0.39 is 0 Å². The van der Waals surface area contributed by atoms with E-state index in [-0.39, 0.29) is 17.6 Å². The first-order valence-electron chi connectivity index (χ1n) is 10.3. The Bertz CT molecular complexity index is 1080. The van der Waals surface area contributed by atoms with Crippen molar-refractivity contribution in [2.24, 2.45) is 0 Å². The zero-order chi connectivity index (χ0) is 20.7. The molecule has 2 aromatic heterocycles. The third-order valence-corrected chi connectivity index (χ3v) is 6.00. The van der Waals surface area contributed by atoms with Crippen molar-refractivity contribution in [3.8, 4) is 5.75 Å². The number of amides is 1. The monoisotopic (exact) mass is 403 g/mol. The van der Waals surface area contributed by atoms with Crippen LogP contribution in [0.15, 0.2) is 48.8 Å². The van der Waals surface area contributed by atoms with Crippen LogP contribution in [0.3, 0.4) is 0 Å². The quantitative estimate of drug-likeness (QED) is 0.593. The fourth-order valence-corrected chi connectivity index (χ4v) is 4.45. The molecule has 0 bridgehead atoms. The Morgan fingerprint density at radius 1 is 1.20 bits per heavy atom. The van der Waals surface area contributed by atoms with Crippen LogP contribution < -0.4 is 15.4 Å². The minimum Gasteiger partial charge on any atom is -0.489 e. The molecule has 0 unspecified atom stereocenters. The number of anilines is 2. The van der Waals surface area contributed by atoms with Gasteiger partial charge in [-0.15, -0.1) is 0 Å². The van der Waals surface area contributed by atoms with Crippen molar-refractivity contribution in [3.63, 3.8) is 0 Å². The summed E-state index contributed by atoms with van der Waals surface area (Å²) in [4.78, 5) is 16.2. The molecule has 7 heteroatoms. The molecule has 1 fully saturated rings. The summed E-state index contributed by atoms with van der Waals surface area (Å²) < 4.78 is 6.05. The van der Waals surface area contributed by atoms with E-state index in [4.69, 9.17) is 4.74 Å². The van der Waals surface area contributed by atoms with Crippen LogP contribution >= 0.6 is 0 Å². The molecule has 3 aromatic rings. The van der Waals surface area contributed by atoms with E-state index >= 15 is 0 Å². The molecule has 30 heavy (non-hydrogen) atoms. The lowest BCUT2D eigenvalue weighted by atomic mass is 9.94. The highest BCUT2D eigenvalue weighted by Crippen LogP contribution is 2.37. The fourth-order valence-electron chi connectivity index (χ4n) is 4.45. The van der Waals surface area contributed by atoms with Gasteiger partial charge in [-0.3, -0.25) is 14.9 Å². The van der Waals surface area contributed by atoms with E-state index in [1.54, 1.807) is 12.4 Å². The van der Waals surface area contributed by atoms with Crippen LogP contribution in [0.5, 0.6) is 5.75 Å². The predicted molar refractivity (Wildman–Crippen MR) is 114 cm³/mol. The molecular weight excluding hydrogens is 378 g/mol. The van der Waals surface area contributed by atoms with Crippen molar-refractivity contribution in [2.45, 2.75) is 50.7 Å². The van der Waals surface area contributed by atoms with Crippen LogP contribution in [0, 0.1) is 0 Å². The number of benzene rings is 1. The summed E-state index contributed by atoms with van der Waals surface area (Å²) in [7, 11) is 0. The van der Waals surface area contributed by atoms with E-state index in [9.17, 15) is 4.79 Å². The summed E-state index contributed by atoms with van der Waals surface area (Å²) in [6.07, 6.45) is 6.74. The first-order valence-corrected chi connectivity index (χ1v) is 10.3. The highest BCUT2D eigenvalue weighted by molar-refractivity contribution is 6.00. The SMILES string of the molecule is CC1(C)NC(=O)c2ccc(Nc3cc([C@H]4CC[C@@H](Oc5cccnc5)C4)[nH]n3)cc21. The molecule has 1 amide bonds. The summed E-state index contributed by atoms with van der Waals surface area (Å²) in [5, 5.41) is 14.0. The minimum atomic E-state index is -0.367. The summed E-state index contributed by atoms with van der Waals surface area (Å²) in [5.74, 6) is 1.97. The van der Waals surface area contributed by atoms with Gasteiger partial charge in [-0.25, -0.2) is 0 Å². The van der Waals surface area contributed by atoms with Crippen molar-refractivity contribution >= 4 is 17.4 Å². The number of hydrogen-bond acceptors (Lipinski definition) is 5. The maximum absolute atomic E-state index is 12.1. The zero-order valence-electron chi connectivity index (χ0n) is 17.1. The molecule has 0 saturated heterocycles. The number of rotatable bonds is 5. The number of pyridine rings is 1. The highest BCUT2D eigenvalue weighted by Gasteiger charge is 2.35. The number of nitrogens with one attached hydrogen (secondary N) is 3.